The first-order valence-corrected chi connectivity index (χ1v) is 6.91. The van der Waals surface area contributed by atoms with Crippen LogP contribution in [0.25, 0.3) is 0 Å². The van der Waals surface area contributed by atoms with Crippen LogP contribution in [0.4, 0.5) is 5.13 Å². The predicted molar refractivity (Wildman–Crippen MR) is 69.1 cm³/mol. The Bertz CT molecular complexity index is 409. The van der Waals surface area contributed by atoms with E-state index in [1.54, 1.807) is 0 Å². The van der Waals surface area contributed by atoms with E-state index in [0.29, 0.717) is 11.3 Å². The summed E-state index contributed by atoms with van der Waals surface area (Å²) in [4.78, 5) is 18.2. The van der Waals surface area contributed by atoms with Crippen LogP contribution in [0.15, 0.2) is 0 Å². The molecule has 0 aliphatic carbocycles. The summed E-state index contributed by atoms with van der Waals surface area (Å²) in [5, 5.41) is 9.98. The molecule has 1 fully saturated rings. The topological polar surface area (TPSA) is 53.4 Å². The van der Waals surface area contributed by atoms with E-state index < -0.39 is 5.97 Å². The van der Waals surface area contributed by atoms with Crippen molar-refractivity contribution in [2.24, 2.45) is 5.92 Å². The smallest absolute Gasteiger partial charge is 0.347 e. The van der Waals surface area contributed by atoms with Gasteiger partial charge in [0.05, 0.1) is 5.69 Å². The minimum absolute atomic E-state index is 0.404. The number of rotatable bonds is 3. The molecule has 1 aliphatic rings. The maximum atomic E-state index is 11.1. The lowest BCUT2D eigenvalue weighted by Crippen LogP contribution is -2.32. The molecule has 4 nitrogen and oxygen atoms in total. The first kappa shape index (κ1) is 12.4. The van der Waals surface area contributed by atoms with E-state index >= 15 is 0 Å². The molecule has 17 heavy (non-hydrogen) atoms. The monoisotopic (exact) mass is 254 g/mol. The summed E-state index contributed by atoms with van der Waals surface area (Å²) in [5.41, 5.74) is 0.719. The van der Waals surface area contributed by atoms with Gasteiger partial charge < -0.3 is 10.0 Å². The van der Waals surface area contributed by atoms with Gasteiger partial charge >= 0.3 is 5.97 Å². The summed E-state index contributed by atoms with van der Waals surface area (Å²) >= 11 is 1.32. The number of hydrogen-bond donors (Lipinski definition) is 1. The lowest BCUT2D eigenvalue weighted by Gasteiger charge is -2.29. The molecule has 0 atom stereocenters. The number of piperidine rings is 1. The fourth-order valence-electron chi connectivity index (χ4n) is 2.08. The van der Waals surface area contributed by atoms with E-state index in [2.05, 4.69) is 16.8 Å². The molecule has 2 rings (SSSR count). The molecule has 2 heterocycles. The number of aromatic nitrogens is 1. The van der Waals surface area contributed by atoms with Crippen molar-refractivity contribution < 1.29 is 9.90 Å². The average Bonchev–Trinajstić information content (AvgIpc) is 2.74. The van der Waals surface area contributed by atoms with Crippen molar-refractivity contribution in [1.29, 1.82) is 0 Å². The van der Waals surface area contributed by atoms with Gasteiger partial charge in [0.25, 0.3) is 0 Å². The van der Waals surface area contributed by atoms with Gasteiger partial charge in [-0.25, -0.2) is 9.78 Å². The highest BCUT2D eigenvalue weighted by molar-refractivity contribution is 7.17. The Morgan fingerprint density at radius 3 is 2.65 bits per heavy atom. The standard InChI is InChI=1S/C12H18N2O2S/c1-3-9-10(11(15)16)17-12(13-9)14-6-4-8(2)5-7-14/h8H,3-7H2,1-2H3,(H,15,16). The fourth-order valence-corrected chi connectivity index (χ4v) is 3.13. The first-order chi connectivity index (χ1) is 8.11. The molecule has 0 unspecified atom stereocenters. The SMILES string of the molecule is CCc1nc(N2CCC(C)CC2)sc1C(=O)O. The molecular weight excluding hydrogens is 236 g/mol. The number of hydrogen-bond acceptors (Lipinski definition) is 4. The highest BCUT2D eigenvalue weighted by Gasteiger charge is 2.22. The van der Waals surface area contributed by atoms with E-state index in [4.69, 9.17) is 5.11 Å². The van der Waals surface area contributed by atoms with E-state index in [-0.39, 0.29) is 0 Å². The molecule has 1 aliphatic heterocycles. The Balaban J connectivity index is 2.19. The number of nitrogens with zero attached hydrogens (tertiary/aromatic N) is 2. The zero-order valence-electron chi connectivity index (χ0n) is 10.3. The third kappa shape index (κ3) is 2.60. The van der Waals surface area contributed by atoms with E-state index in [9.17, 15) is 4.79 Å². The van der Waals surface area contributed by atoms with E-state index in [1.165, 1.54) is 24.2 Å². The quantitative estimate of drug-likeness (QED) is 0.901. The molecule has 1 aromatic rings. The van der Waals surface area contributed by atoms with Gasteiger partial charge in [0.2, 0.25) is 0 Å². The summed E-state index contributed by atoms with van der Waals surface area (Å²) in [6, 6.07) is 0. The molecule has 5 heteroatoms. The number of anilines is 1. The van der Waals surface area contributed by atoms with Crippen LogP contribution in [0.2, 0.25) is 0 Å². The van der Waals surface area contributed by atoms with Crippen molar-refractivity contribution >= 4 is 22.4 Å². The fraction of sp³-hybridized carbons (Fsp3) is 0.667. The van der Waals surface area contributed by atoms with Crippen LogP contribution < -0.4 is 4.90 Å². The Morgan fingerprint density at radius 2 is 2.18 bits per heavy atom. The van der Waals surface area contributed by atoms with Gasteiger partial charge in [0, 0.05) is 13.1 Å². The third-order valence-corrected chi connectivity index (χ3v) is 4.42. The van der Waals surface area contributed by atoms with Crippen LogP contribution in [0.3, 0.4) is 0 Å². The minimum atomic E-state index is -0.851. The molecular formula is C12H18N2O2S. The lowest BCUT2D eigenvalue weighted by atomic mass is 10.00. The van der Waals surface area contributed by atoms with E-state index in [1.807, 2.05) is 6.92 Å². The summed E-state index contributed by atoms with van der Waals surface area (Å²) < 4.78 is 0. The highest BCUT2D eigenvalue weighted by atomic mass is 32.1. The second kappa shape index (κ2) is 5.04. The third-order valence-electron chi connectivity index (χ3n) is 3.27. The molecule has 94 valence electrons. The van der Waals surface area contributed by atoms with Crippen molar-refractivity contribution in [3.8, 4) is 0 Å². The summed E-state index contributed by atoms with van der Waals surface area (Å²) in [6.45, 7) is 6.21. The number of carbonyl (C=O) groups is 1. The van der Waals surface area contributed by atoms with Crippen molar-refractivity contribution in [1.82, 2.24) is 4.98 Å². The van der Waals surface area contributed by atoms with Crippen molar-refractivity contribution in [3.63, 3.8) is 0 Å². The van der Waals surface area contributed by atoms with Crippen LogP contribution in [0, 0.1) is 5.92 Å². The molecule has 0 radical (unpaired) electrons. The van der Waals surface area contributed by atoms with Gasteiger partial charge in [0.15, 0.2) is 5.13 Å². The van der Waals surface area contributed by atoms with E-state index in [0.717, 1.165) is 29.8 Å². The Kier molecular flexibility index (Phi) is 3.66. The molecule has 0 amide bonds. The average molecular weight is 254 g/mol. The minimum Gasteiger partial charge on any atom is -0.477 e. The van der Waals surface area contributed by atoms with Crippen LogP contribution in [0.1, 0.15) is 42.1 Å². The maximum absolute atomic E-state index is 11.1. The van der Waals surface area contributed by atoms with Crippen LogP contribution >= 0.6 is 11.3 Å². The maximum Gasteiger partial charge on any atom is 0.347 e. The van der Waals surface area contributed by atoms with Gasteiger partial charge in [-0.15, -0.1) is 0 Å². The Morgan fingerprint density at radius 1 is 1.53 bits per heavy atom. The largest absolute Gasteiger partial charge is 0.477 e. The second-order valence-corrected chi connectivity index (χ2v) is 5.58. The molecule has 1 saturated heterocycles. The number of carboxylic acids is 1. The van der Waals surface area contributed by atoms with Crippen molar-refractivity contribution in [3.05, 3.63) is 10.6 Å². The zero-order chi connectivity index (χ0) is 12.4. The lowest BCUT2D eigenvalue weighted by molar-refractivity contribution is 0.0701. The molecule has 1 aromatic heterocycles. The van der Waals surface area contributed by atoms with Gasteiger partial charge in [-0.05, 0) is 25.2 Å². The van der Waals surface area contributed by atoms with Gasteiger partial charge in [-0.3, -0.25) is 0 Å². The summed E-state index contributed by atoms with van der Waals surface area (Å²) in [6.07, 6.45) is 3.02. The Labute approximate surface area is 105 Å². The Hall–Kier alpha value is -1.10. The van der Waals surface area contributed by atoms with Crippen LogP contribution in [-0.4, -0.2) is 29.1 Å². The molecule has 0 bridgehead atoms. The second-order valence-electron chi connectivity index (χ2n) is 4.60. The van der Waals surface area contributed by atoms with Crippen molar-refractivity contribution in [2.75, 3.05) is 18.0 Å². The van der Waals surface area contributed by atoms with Crippen LogP contribution in [0.5, 0.6) is 0 Å². The first-order valence-electron chi connectivity index (χ1n) is 6.09. The summed E-state index contributed by atoms with van der Waals surface area (Å²) in [7, 11) is 0. The number of thiazole rings is 1. The van der Waals surface area contributed by atoms with Crippen LogP contribution in [-0.2, 0) is 6.42 Å². The molecule has 1 N–H and O–H groups in total. The summed E-state index contributed by atoms with van der Waals surface area (Å²) in [5.74, 6) is -0.0771. The van der Waals surface area contributed by atoms with Gasteiger partial charge in [-0.2, -0.15) is 0 Å². The predicted octanol–water partition coefficient (Wildman–Crippen LogP) is 2.64. The molecule has 0 saturated carbocycles. The van der Waals surface area contributed by atoms with Crippen molar-refractivity contribution in [2.45, 2.75) is 33.1 Å². The van der Waals surface area contributed by atoms with Gasteiger partial charge in [-0.1, -0.05) is 25.2 Å². The molecule has 0 aromatic carbocycles. The zero-order valence-corrected chi connectivity index (χ0v) is 11.1. The van der Waals surface area contributed by atoms with Gasteiger partial charge in [0.1, 0.15) is 4.88 Å². The number of carboxylic acid groups (broad SMARTS) is 1. The molecule has 0 spiro atoms. The highest BCUT2D eigenvalue weighted by Crippen LogP contribution is 2.30. The number of aromatic carboxylic acids is 1. The normalized spacial score (nSPS) is 17.4. The number of aryl methyl sites for hydroxylation is 1.